The van der Waals surface area contributed by atoms with Crippen molar-refractivity contribution in [2.45, 2.75) is 50.2 Å². The zero-order chi connectivity index (χ0) is 20.4. The highest BCUT2D eigenvalue weighted by atomic mass is 16.5. The van der Waals surface area contributed by atoms with Crippen LogP contribution in [0.4, 0.5) is 5.69 Å². The molecule has 0 N–H and O–H groups in total. The summed E-state index contributed by atoms with van der Waals surface area (Å²) in [5.74, 6) is 1.95. The Kier molecular flexibility index (Phi) is 3.70. The maximum Gasteiger partial charge on any atom is 0.191 e. The second-order valence-corrected chi connectivity index (χ2v) is 9.52. The van der Waals surface area contributed by atoms with Gasteiger partial charge in [-0.2, -0.15) is 0 Å². The van der Waals surface area contributed by atoms with E-state index < -0.39 is 0 Å². The van der Waals surface area contributed by atoms with Crippen LogP contribution in [0.1, 0.15) is 54.7 Å². The zero-order valence-electron chi connectivity index (χ0n) is 17.8. The number of hydrogen-bond acceptors (Lipinski definition) is 2. The Morgan fingerprint density at radius 1 is 0.806 bits per heavy atom. The van der Waals surface area contributed by atoms with Gasteiger partial charge in [-0.25, -0.2) is 0 Å². The van der Waals surface area contributed by atoms with E-state index in [4.69, 9.17) is 4.74 Å². The third-order valence-corrected chi connectivity index (χ3v) is 8.05. The molecular weight excluding hydrogens is 378 g/mol. The lowest BCUT2D eigenvalue weighted by molar-refractivity contribution is -0.0148. The first-order valence-corrected chi connectivity index (χ1v) is 11.8. The van der Waals surface area contributed by atoms with Crippen molar-refractivity contribution in [3.05, 3.63) is 101 Å². The summed E-state index contributed by atoms with van der Waals surface area (Å²) in [7, 11) is 0. The van der Waals surface area contributed by atoms with Crippen molar-refractivity contribution in [3.63, 3.8) is 0 Å². The van der Waals surface area contributed by atoms with Crippen LogP contribution < -0.4 is 9.64 Å². The van der Waals surface area contributed by atoms with Crippen molar-refractivity contribution in [2.24, 2.45) is 5.92 Å². The van der Waals surface area contributed by atoms with E-state index in [0.29, 0.717) is 11.8 Å². The Morgan fingerprint density at radius 2 is 1.61 bits per heavy atom. The van der Waals surface area contributed by atoms with Crippen LogP contribution in [-0.2, 0) is 6.42 Å². The Hall–Kier alpha value is -3.00. The van der Waals surface area contributed by atoms with Crippen LogP contribution in [0.15, 0.2) is 84.4 Å². The van der Waals surface area contributed by atoms with E-state index in [1.165, 1.54) is 47.3 Å². The number of allylic oxidation sites excluding steroid dienone is 1. The van der Waals surface area contributed by atoms with Gasteiger partial charge in [-0.3, -0.25) is 4.90 Å². The van der Waals surface area contributed by atoms with Gasteiger partial charge < -0.3 is 4.74 Å². The predicted molar refractivity (Wildman–Crippen MR) is 125 cm³/mol. The van der Waals surface area contributed by atoms with Gasteiger partial charge in [0.05, 0.1) is 11.4 Å². The first kappa shape index (κ1) is 17.7. The topological polar surface area (TPSA) is 12.5 Å². The summed E-state index contributed by atoms with van der Waals surface area (Å²) in [4.78, 5) is 2.64. The molecule has 0 unspecified atom stereocenters. The summed E-state index contributed by atoms with van der Waals surface area (Å²) >= 11 is 0. The van der Waals surface area contributed by atoms with Gasteiger partial charge in [-0.15, -0.1) is 0 Å². The average Bonchev–Trinajstić information content (AvgIpc) is 3.16. The Bertz CT molecular complexity index is 1200. The Labute approximate surface area is 184 Å². The van der Waals surface area contributed by atoms with Gasteiger partial charge in [0.15, 0.2) is 5.72 Å². The molecule has 0 saturated heterocycles. The molecule has 2 heteroatoms. The molecule has 31 heavy (non-hydrogen) atoms. The monoisotopic (exact) mass is 405 g/mol. The van der Waals surface area contributed by atoms with Crippen LogP contribution in [0.3, 0.4) is 0 Å². The van der Waals surface area contributed by atoms with Crippen LogP contribution in [0.25, 0.3) is 5.70 Å². The summed E-state index contributed by atoms with van der Waals surface area (Å²) in [6.45, 7) is 0. The number of para-hydroxylation sites is 2. The highest BCUT2D eigenvalue weighted by Gasteiger charge is 2.60. The number of hydrogen-bond donors (Lipinski definition) is 0. The van der Waals surface area contributed by atoms with E-state index in [1.54, 1.807) is 5.57 Å². The largest absolute Gasteiger partial charge is 0.465 e. The number of rotatable bonds is 1. The van der Waals surface area contributed by atoms with Crippen molar-refractivity contribution in [3.8, 4) is 5.75 Å². The molecule has 3 aromatic carbocycles. The minimum atomic E-state index is -0.272. The highest BCUT2D eigenvalue weighted by molar-refractivity contribution is 5.90. The lowest BCUT2D eigenvalue weighted by atomic mass is 9.63. The zero-order valence-corrected chi connectivity index (χ0v) is 17.8. The Balaban J connectivity index is 1.56. The second-order valence-electron chi connectivity index (χ2n) is 9.52. The van der Waals surface area contributed by atoms with E-state index in [2.05, 4.69) is 83.8 Å². The molecule has 0 amide bonds. The number of nitrogens with zero attached hydrogens (tertiary/aromatic N) is 1. The number of anilines is 1. The molecule has 2 aliphatic heterocycles. The molecule has 1 fully saturated rings. The van der Waals surface area contributed by atoms with Crippen molar-refractivity contribution in [2.75, 3.05) is 4.90 Å². The molecule has 154 valence electrons. The molecule has 1 spiro atoms. The lowest BCUT2D eigenvalue weighted by Crippen LogP contribution is -2.60. The average molecular weight is 406 g/mol. The maximum absolute atomic E-state index is 7.01. The standard InChI is InChI=1S/C29H27NO/c1-2-11-21(12-3-1)27-23-18-17-20-10-4-5-13-22(20)28(23)30-25-15-6-7-16-26(25)31-29(30)19-9-8-14-24(27)29/h1-7,10-13,15-16,24,27H,8-9,14,17-19H2/t24-,27-,29+/m1/s1. The van der Waals surface area contributed by atoms with Gasteiger partial charge in [-0.05, 0) is 54.5 Å². The third-order valence-electron chi connectivity index (χ3n) is 8.05. The first-order valence-electron chi connectivity index (χ1n) is 11.8. The number of aryl methyl sites for hydroxylation is 1. The molecule has 2 aliphatic carbocycles. The van der Waals surface area contributed by atoms with E-state index in [9.17, 15) is 0 Å². The maximum atomic E-state index is 7.01. The van der Waals surface area contributed by atoms with Crippen LogP contribution >= 0.6 is 0 Å². The van der Waals surface area contributed by atoms with Gasteiger partial charge in [-0.1, -0.05) is 73.2 Å². The summed E-state index contributed by atoms with van der Waals surface area (Å²) in [6, 6.07) is 29.0. The summed E-state index contributed by atoms with van der Waals surface area (Å²) in [6.07, 6.45) is 7.11. The SMILES string of the molecule is c1ccc([C@@H]2C3=C(c4ccccc4CC3)N3c4ccccc4O[C@]34CCCC[C@H]24)cc1. The van der Waals surface area contributed by atoms with Gasteiger partial charge in [0, 0.05) is 23.8 Å². The minimum Gasteiger partial charge on any atom is -0.465 e. The molecule has 3 atom stereocenters. The van der Waals surface area contributed by atoms with E-state index >= 15 is 0 Å². The molecule has 2 heterocycles. The molecule has 1 saturated carbocycles. The van der Waals surface area contributed by atoms with E-state index in [-0.39, 0.29) is 5.72 Å². The molecule has 3 aromatic rings. The lowest BCUT2D eigenvalue weighted by Gasteiger charge is -2.55. The van der Waals surface area contributed by atoms with Crippen molar-refractivity contribution in [1.82, 2.24) is 0 Å². The fraction of sp³-hybridized carbons (Fsp3) is 0.310. The number of benzene rings is 3. The molecular formula is C29H27NO. The van der Waals surface area contributed by atoms with Crippen LogP contribution in [0.5, 0.6) is 5.75 Å². The van der Waals surface area contributed by atoms with Gasteiger partial charge in [0.2, 0.25) is 0 Å². The molecule has 2 nitrogen and oxygen atoms in total. The second kappa shape index (κ2) is 6.50. The fourth-order valence-corrected chi connectivity index (χ4v) is 6.90. The summed E-state index contributed by atoms with van der Waals surface area (Å²) in [5, 5.41) is 0. The molecule has 0 radical (unpaired) electrons. The third kappa shape index (κ3) is 2.34. The minimum absolute atomic E-state index is 0.272. The van der Waals surface area contributed by atoms with Gasteiger partial charge >= 0.3 is 0 Å². The highest BCUT2D eigenvalue weighted by Crippen LogP contribution is 2.63. The van der Waals surface area contributed by atoms with Crippen LogP contribution in [0.2, 0.25) is 0 Å². The quantitative estimate of drug-likeness (QED) is 0.435. The van der Waals surface area contributed by atoms with Crippen molar-refractivity contribution >= 4 is 11.4 Å². The van der Waals surface area contributed by atoms with Crippen LogP contribution in [0, 0.1) is 5.92 Å². The predicted octanol–water partition coefficient (Wildman–Crippen LogP) is 6.93. The van der Waals surface area contributed by atoms with Crippen molar-refractivity contribution < 1.29 is 4.74 Å². The van der Waals surface area contributed by atoms with Gasteiger partial charge in [0.1, 0.15) is 5.75 Å². The molecule has 0 aromatic heterocycles. The summed E-state index contributed by atoms with van der Waals surface area (Å²) < 4.78 is 7.01. The Morgan fingerprint density at radius 3 is 2.55 bits per heavy atom. The number of fused-ring (bicyclic) bond motifs is 5. The normalized spacial score (nSPS) is 28.1. The smallest absolute Gasteiger partial charge is 0.191 e. The van der Waals surface area contributed by atoms with Crippen molar-refractivity contribution in [1.29, 1.82) is 0 Å². The van der Waals surface area contributed by atoms with E-state index in [0.717, 1.165) is 25.0 Å². The molecule has 0 bridgehead atoms. The number of ether oxygens (including phenoxy) is 1. The fourth-order valence-electron chi connectivity index (χ4n) is 6.90. The summed E-state index contributed by atoms with van der Waals surface area (Å²) in [5.41, 5.74) is 8.37. The van der Waals surface area contributed by atoms with E-state index in [1.807, 2.05) is 0 Å². The molecule has 4 aliphatic rings. The first-order chi connectivity index (χ1) is 15.4. The van der Waals surface area contributed by atoms with Crippen LogP contribution in [-0.4, -0.2) is 5.72 Å². The van der Waals surface area contributed by atoms with Gasteiger partial charge in [0.25, 0.3) is 0 Å². The molecule has 7 rings (SSSR count).